The van der Waals surface area contributed by atoms with Crippen molar-refractivity contribution in [2.45, 2.75) is 12.2 Å². The molecule has 0 saturated carbocycles. The Hall–Kier alpha value is -2.93. The van der Waals surface area contributed by atoms with Crippen molar-refractivity contribution in [1.29, 1.82) is 0 Å². The summed E-state index contributed by atoms with van der Waals surface area (Å²) < 4.78 is 21.3. The highest BCUT2D eigenvalue weighted by atomic mass is 16.5. The Kier molecular flexibility index (Phi) is 4.41. The summed E-state index contributed by atoms with van der Waals surface area (Å²) in [5.74, 6) is 0.522. The zero-order valence-corrected chi connectivity index (χ0v) is 14.0. The lowest BCUT2D eigenvalue weighted by Crippen LogP contribution is -2.36. The van der Waals surface area contributed by atoms with Gasteiger partial charge >= 0.3 is 0 Å². The van der Waals surface area contributed by atoms with E-state index in [0.717, 1.165) is 0 Å². The minimum Gasteiger partial charge on any atom is -0.507 e. The third-order valence-corrected chi connectivity index (χ3v) is 4.08. The third kappa shape index (κ3) is 2.83. The molecule has 7 nitrogen and oxygen atoms in total. The highest BCUT2D eigenvalue weighted by Gasteiger charge is 2.39. The summed E-state index contributed by atoms with van der Waals surface area (Å²) in [6.07, 6.45) is -2.42. The number of phenolic OH excluding ortho intramolecular Hbond substituents is 1. The predicted molar refractivity (Wildman–Crippen MR) is 87.9 cm³/mol. The van der Waals surface area contributed by atoms with Crippen LogP contribution in [0.2, 0.25) is 0 Å². The van der Waals surface area contributed by atoms with Crippen LogP contribution in [0, 0.1) is 0 Å². The molecule has 2 aromatic rings. The van der Waals surface area contributed by atoms with E-state index in [1.807, 2.05) is 0 Å². The Bertz CT molecular complexity index is 815. The van der Waals surface area contributed by atoms with E-state index >= 15 is 0 Å². The molecule has 3 rings (SSSR count). The van der Waals surface area contributed by atoms with E-state index < -0.39 is 18.0 Å². The van der Waals surface area contributed by atoms with Crippen molar-refractivity contribution >= 4 is 5.78 Å². The highest BCUT2D eigenvalue weighted by molar-refractivity contribution is 6.05. The minimum atomic E-state index is -1.47. The minimum absolute atomic E-state index is 0.0648. The van der Waals surface area contributed by atoms with Gasteiger partial charge in [0.25, 0.3) is 0 Å². The molecule has 2 atom stereocenters. The van der Waals surface area contributed by atoms with Crippen molar-refractivity contribution in [3.8, 4) is 28.7 Å². The third-order valence-electron chi connectivity index (χ3n) is 4.08. The molecule has 2 aromatic carbocycles. The van der Waals surface area contributed by atoms with Crippen molar-refractivity contribution in [2.75, 3.05) is 21.3 Å². The molecule has 0 fully saturated rings. The van der Waals surface area contributed by atoms with Gasteiger partial charge in [0.2, 0.25) is 5.78 Å². The highest BCUT2D eigenvalue weighted by Crippen LogP contribution is 2.43. The number of hydrogen-bond acceptors (Lipinski definition) is 7. The average molecular weight is 346 g/mol. The van der Waals surface area contributed by atoms with Gasteiger partial charge < -0.3 is 29.2 Å². The van der Waals surface area contributed by atoms with Crippen LogP contribution in [0.5, 0.6) is 28.7 Å². The number of methoxy groups -OCH3 is 3. The van der Waals surface area contributed by atoms with Crippen LogP contribution in [-0.4, -0.2) is 43.4 Å². The molecule has 0 spiro atoms. The van der Waals surface area contributed by atoms with Gasteiger partial charge in [-0.05, 0) is 17.7 Å². The van der Waals surface area contributed by atoms with Gasteiger partial charge in [0.1, 0.15) is 22.8 Å². The van der Waals surface area contributed by atoms with Crippen molar-refractivity contribution in [3.63, 3.8) is 0 Å². The summed E-state index contributed by atoms with van der Waals surface area (Å²) in [7, 11) is 4.44. The maximum atomic E-state index is 12.5. The quantitative estimate of drug-likeness (QED) is 0.875. The molecule has 0 saturated heterocycles. The number of ketones is 1. The largest absolute Gasteiger partial charge is 0.507 e. The molecule has 0 bridgehead atoms. The Morgan fingerprint density at radius 2 is 1.72 bits per heavy atom. The van der Waals surface area contributed by atoms with Crippen LogP contribution >= 0.6 is 0 Å². The van der Waals surface area contributed by atoms with E-state index in [1.165, 1.54) is 33.5 Å². The van der Waals surface area contributed by atoms with Gasteiger partial charge in [-0.3, -0.25) is 4.79 Å². The van der Waals surface area contributed by atoms with E-state index in [-0.39, 0.29) is 17.1 Å². The first-order chi connectivity index (χ1) is 12.0. The molecule has 1 aliphatic rings. The topological polar surface area (TPSA) is 94.5 Å². The first-order valence-electron chi connectivity index (χ1n) is 7.52. The van der Waals surface area contributed by atoms with E-state index in [9.17, 15) is 15.0 Å². The van der Waals surface area contributed by atoms with Crippen LogP contribution in [0.25, 0.3) is 0 Å². The number of aliphatic hydroxyl groups excluding tert-OH is 1. The molecule has 0 unspecified atom stereocenters. The second-order valence-corrected chi connectivity index (χ2v) is 5.48. The number of carbonyl (C=O) groups is 1. The Morgan fingerprint density at radius 3 is 2.36 bits per heavy atom. The van der Waals surface area contributed by atoms with E-state index in [2.05, 4.69) is 0 Å². The van der Waals surface area contributed by atoms with Crippen molar-refractivity contribution in [3.05, 3.63) is 41.5 Å². The lowest BCUT2D eigenvalue weighted by Gasteiger charge is -2.30. The molecule has 0 radical (unpaired) electrons. The molecular formula is C18H18O7. The monoisotopic (exact) mass is 346 g/mol. The van der Waals surface area contributed by atoms with Crippen LogP contribution in [0.3, 0.4) is 0 Å². The Morgan fingerprint density at radius 1 is 1.00 bits per heavy atom. The summed E-state index contributed by atoms with van der Waals surface area (Å²) >= 11 is 0. The summed E-state index contributed by atoms with van der Waals surface area (Å²) in [6, 6.07) is 7.75. The fourth-order valence-electron chi connectivity index (χ4n) is 2.80. The molecule has 1 aliphatic heterocycles. The number of carbonyl (C=O) groups excluding carboxylic acids is 1. The zero-order chi connectivity index (χ0) is 18.1. The van der Waals surface area contributed by atoms with Crippen molar-refractivity contribution < 1.29 is 34.0 Å². The van der Waals surface area contributed by atoms with Crippen molar-refractivity contribution in [1.82, 2.24) is 0 Å². The van der Waals surface area contributed by atoms with Gasteiger partial charge in [-0.25, -0.2) is 0 Å². The standard InChI is InChI=1S/C18H18O7/c1-22-10-7-11(19)15-14(8-10)25-18(17(21)16(15)20)9-4-5-12(23-2)13(6-9)24-3/h4-8,17-19,21H,1-3H3/t17-,18+/m0/s1. The van der Waals surface area contributed by atoms with Crippen LogP contribution in [-0.2, 0) is 0 Å². The fraction of sp³-hybridized carbons (Fsp3) is 0.278. The Labute approximate surface area is 144 Å². The maximum Gasteiger partial charge on any atom is 0.202 e. The molecule has 7 heteroatoms. The molecule has 1 heterocycles. The van der Waals surface area contributed by atoms with Gasteiger partial charge in [0, 0.05) is 12.1 Å². The number of hydrogen-bond donors (Lipinski definition) is 2. The van der Waals surface area contributed by atoms with Gasteiger partial charge in [-0.1, -0.05) is 6.07 Å². The number of Topliss-reactive ketones (excluding diaryl/α,β-unsaturated/α-hetero) is 1. The molecule has 0 aromatic heterocycles. The molecule has 0 aliphatic carbocycles. The van der Waals surface area contributed by atoms with Crippen LogP contribution in [0.1, 0.15) is 22.0 Å². The predicted octanol–water partition coefficient (Wildman–Crippen LogP) is 2.10. The molecule has 25 heavy (non-hydrogen) atoms. The Balaban J connectivity index is 2.05. The van der Waals surface area contributed by atoms with Gasteiger partial charge in [0.05, 0.1) is 21.3 Å². The molecular weight excluding hydrogens is 328 g/mol. The van der Waals surface area contributed by atoms with Gasteiger partial charge in [-0.15, -0.1) is 0 Å². The van der Waals surface area contributed by atoms with Crippen LogP contribution < -0.4 is 18.9 Å². The fourth-order valence-corrected chi connectivity index (χ4v) is 2.80. The number of benzene rings is 2. The number of aliphatic hydroxyl groups is 1. The number of rotatable bonds is 4. The lowest BCUT2D eigenvalue weighted by atomic mass is 9.92. The smallest absolute Gasteiger partial charge is 0.202 e. The van der Waals surface area contributed by atoms with Crippen LogP contribution in [0.15, 0.2) is 30.3 Å². The van der Waals surface area contributed by atoms with Gasteiger partial charge in [-0.2, -0.15) is 0 Å². The maximum absolute atomic E-state index is 12.5. The zero-order valence-electron chi connectivity index (χ0n) is 14.0. The average Bonchev–Trinajstić information content (AvgIpc) is 2.63. The molecule has 2 N–H and O–H groups in total. The summed E-state index contributed by atoms with van der Waals surface area (Å²) in [5, 5.41) is 20.4. The number of fused-ring (bicyclic) bond motifs is 1. The SMILES string of the molecule is COc1cc(O)c2c(c1)O[C@H](c1ccc(OC)c(OC)c1)[C@@H](O)C2=O. The van der Waals surface area contributed by atoms with E-state index in [4.69, 9.17) is 18.9 Å². The van der Waals surface area contributed by atoms with Crippen molar-refractivity contribution in [2.24, 2.45) is 0 Å². The van der Waals surface area contributed by atoms with Gasteiger partial charge in [0.15, 0.2) is 23.7 Å². The first-order valence-corrected chi connectivity index (χ1v) is 7.52. The molecule has 0 amide bonds. The second-order valence-electron chi connectivity index (χ2n) is 5.48. The second kappa shape index (κ2) is 6.52. The van der Waals surface area contributed by atoms with E-state index in [0.29, 0.717) is 22.8 Å². The summed E-state index contributed by atoms with van der Waals surface area (Å²) in [4.78, 5) is 12.5. The molecule has 132 valence electrons. The first kappa shape index (κ1) is 16.9. The summed E-state index contributed by atoms with van der Waals surface area (Å²) in [6.45, 7) is 0. The number of aromatic hydroxyl groups is 1. The lowest BCUT2D eigenvalue weighted by molar-refractivity contribution is 0.0210. The number of ether oxygens (including phenoxy) is 4. The van der Waals surface area contributed by atoms with E-state index in [1.54, 1.807) is 18.2 Å². The van der Waals surface area contributed by atoms with Crippen LogP contribution in [0.4, 0.5) is 0 Å². The summed E-state index contributed by atoms with van der Waals surface area (Å²) in [5.41, 5.74) is 0.469. The normalized spacial score (nSPS) is 19.0. The number of phenols is 1.